The van der Waals surface area contributed by atoms with Crippen LogP contribution in [0.25, 0.3) is 11.1 Å². The summed E-state index contributed by atoms with van der Waals surface area (Å²) in [4.78, 5) is 2.98. The first-order valence-electron chi connectivity index (χ1n) is 5.21. The van der Waals surface area contributed by atoms with Crippen molar-refractivity contribution in [2.45, 2.75) is 19.8 Å². The predicted molar refractivity (Wildman–Crippen MR) is 64.7 cm³/mol. The number of nitrogen functional groups attached to an aromatic ring is 1. The minimum absolute atomic E-state index is 0.579. The quantitative estimate of drug-likeness (QED) is 0.766. The summed E-state index contributed by atoms with van der Waals surface area (Å²) in [7, 11) is 0. The van der Waals surface area contributed by atoms with Crippen molar-refractivity contribution in [3.8, 4) is 11.1 Å². The van der Waals surface area contributed by atoms with E-state index in [2.05, 4.69) is 43.1 Å². The topological polar surface area (TPSA) is 41.8 Å². The van der Waals surface area contributed by atoms with Gasteiger partial charge in [-0.3, -0.25) is 0 Å². The fourth-order valence-corrected chi connectivity index (χ4v) is 1.64. The van der Waals surface area contributed by atoms with Gasteiger partial charge in [0.15, 0.2) is 0 Å². The average Bonchev–Trinajstić information content (AvgIpc) is 2.65. The summed E-state index contributed by atoms with van der Waals surface area (Å²) in [5.74, 6) is 1.29. The first kappa shape index (κ1) is 9.84. The van der Waals surface area contributed by atoms with Crippen LogP contribution in [0.4, 0.5) is 5.82 Å². The highest BCUT2D eigenvalue weighted by Gasteiger charge is 2.01. The third kappa shape index (κ3) is 2.04. The maximum Gasteiger partial charge on any atom is 0.101 e. The number of aromatic amines is 1. The Labute approximate surface area is 90.1 Å². The highest BCUT2D eigenvalue weighted by molar-refractivity contribution is 5.66. The normalized spacial score (nSPS) is 10.9. The summed E-state index contributed by atoms with van der Waals surface area (Å²) in [5, 5.41) is 0. The summed E-state index contributed by atoms with van der Waals surface area (Å²) in [6.45, 7) is 4.40. The number of H-pyrrole nitrogens is 1. The molecule has 0 aliphatic heterocycles. The van der Waals surface area contributed by atoms with Crippen molar-refractivity contribution < 1.29 is 0 Å². The van der Waals surface area contributed by atoms with Crippen molar-refractivity contribution in [3.05, 3.63) is 42.1 Å². The Morgan fingerprint density at radius 2 is 1.73 bits per heavy atom. The molecule has 0 aliphatic carbocycles. The van der Waals surface area contributed by atoms with Crippen LogP contribution >= 0.6 is 0 Å². The van der Waals surface area contributed by atoms with Crippen LogP contribution in [0.3, 0.4) is 0 Å². The SMILES string of the molecule is CC(C)c1ccc(-c2c[nH]c(N)c2)cc1. The van der Waals surface area contributed by atoms with Gasteiger partial charge in [0.1, 0.15) is 5.82 Å². The van der Waals surface area contributed by atoms with Gasteiger partial charge < -0.3 is 10.7 Å². The fraction of sp³-hybridized carbons (Fsp3) is 0.231. The van der Waals surface area contributed by atoms with Gasteiger partial charge in [0, 0.05) is 11.8 Å². The van der Waals surface area contributed by atoms with E-state index in [1.54, 1.807) is 0 Å². The average molecular weight is 200 g/mol. The van der Waals surface area contributed by atoms with Crippen LogP contribution < -0.4 is 5.73 Å². The third-order valence-corrected chi connectivity index (χ3v) is 2.62. The fourth-order valence-electron chi connectivity index (χ4n) is 1.64. The number of nitrogens with one attached hydrogen (secondary N) is 1. The lowest BCUT2D eigenvalue weighted by Crippen LogP contribution is -1.86. The van der Waals surface area contributed by atoms with Crippen molar-refractivity contribution in [1.82, 2.24) is 4.98 Å². The maximum absolute atomic E-state index is 5.64. The molecule has 0 amide bonds. The lowest BCUT2D eigenvalue weighted by atomic mass is 10.00. The zero-order chi connectivity index (χ0) is 10.8. The first-order chi connectivity index (χ1) is 7.16. The largest absolute Gasteiger partial charge is 0.385 e. The lowest BCUT2D eigenvalue weighted by molar-refractivity contribution is 0.867. The van der Waals surface area contributed by atoms with E-state index in [4.69, 9.17) is 5.73 Å². The Bertz CT molecular complexity index is 438. The van der Waals surface area contributed by atoms with E-state index >= 15 is 0 Å². The summed E-state index contributed by atoms with van der Waals surface area (Å²) < 4.78 is 0. The molecule has 1 heterocycles. The van der Waals surface area contributed by atoms with Crippen molar-refractivity contribution in [1.29, 1.82) is 0 Å². The molecule has 0 bridgehead atoms. The molecule has 0 saturated heterocycles. The molecule has 0 aliphatic rings. The third-order valence-electron chi connectivity index (χ3n) is 2.62. The van der Waals surface area contributed by atoms with Gasteiger partial charge in [-0.1, -0.05) is 38.1 Å². The zero-order valence-corrected chi connectivity index (χ0v) is 9.12. The summed E-state index contributed by atoms with van der Waals surface area (Å²) in [5.41, 5.74) is 9.34. The molecule has 2 heteroatoms. The molecule has 2 rings (SSSR count). The highest BCUT2D eigenvalue weighted by atomic mass is 14.8. The number of rotatable bonds is 2. The molecule has 3 N–H and O–H groups in total. The van der Waals surface area contributed by atoms with E-state index < -0.39 is 0 Å². The molecule has 0 saturated carbocycles. The monoisotopic (exact) mass is 200 g/mol. The molecule has 2 nitrogen and oxygen atoms in total. The molecule has 0 spiro atoms. The van der Waals surface area contributed by atoms with E-state index in [1.807, 2.05) is 12.3 Å². The smallest absolute Gasteiger partial charge is 0.101 e. The molecule has 15 heavy (non-hydrogen) atoms. The van der Waals surface area contributed by atoms with Gasteiger partial charge in [-0.2, -0.15) is 0 Å². The van der Waals surface area contributed by atoms with E-state index in [0.29, 0.717) is 11.7 Å². The standard InChI is InChI=1S/C13H16N2/c1-9(2)10-3-5-11(6-4-10)12-7-13(14)15-8-12/h3-9,15H,14H2,1-2H3. The molecule has 0 fully saturated rings. The Hall–Kier alpha value is -1.70. The van der Waals surface area contributed by atoms with E-state index in [0.717, 1.165) is 5.56 Å². The molecule has 1 aromatic heterocycles. The van der Waals surface area contributed by atoms with Crippen LogP contribution in [-0.4, -0.2) is 4.98 Å². The molecule has 0 unspecified atom stereocenters. The molecule has 1 aromatic carbocycles. The Kier molecular flexibility index (Phi) is 2.50. The highest BCUT2D eigenvalue weighted by Crippen LogP contribution is 2.23. The van der Waals surface area contributed by atoms with Gasteiger partial charge in [-0.25, -0.2) is 0 Å². The molecular formula is C13H16N2. The van der Waals surface area contributed by atoms with Crippen LogP contribution in [0.15, 0.2) is 36.5 Å². The van der Waals surface area contributed by atoms with Crippen LogP contribution in [-0.2, 0) is 0 Å². The zero-order valence-electron chi connectivity index (χ0n) is 9.12. The van der Waals surface area contributed by atoms with Gasteiger partial charge >= 0.3 is 0 Å². The summed E-state index contributed by atoms with van der Waals surface area (Å²) in [6.07, 6.45) is 1.93. The number of hydrogen-bond acceptors (Lipinski definition) is 1. The Morgan fingerprint density at radius 3 is 2.20 bits per heavy atom. The van der Waals surface area contributed by atoms with Crippen molar-refractivity contribution in [2.75, 3.05) is 5.73 Å². The molecule has 0 radical (unpaired) electrons. The molecular weight excluding hydrogens is 184 g/mol. The van der Waals surface area contributed by atoms with Crippen molar-refractivity contribution in [2.24, 2.45) is 0 Å². The second-order valence-corrected chi connectivity index (χ2v) is 4.12. The lowest BCUT2D eigenvalue weighted by Gasteiger charge is -2.05. The summed E-state index contributed by atoms with van der Waals surface area (Å²) >= 11 is 0. The van der Waals surface area contributed by atoms with E-state index in [9.17, 15) is 0 Å². The Morgan fingerprint density at radius 1 is 1.07 bits per heavy atom. The van der Waals surface area contributed by atoms with Gasteiger partial charge in [0.05, 0.1) is 0 Å². The minimum atomic E-state index is 0.579. The maximum atomic E-state index is 5.64. The van der Waals surface area contributed by atoms with Crippen LogP contribution in [0.5, 0.6) is 0 Å². The van der Waals surface area contributed by atoms with E-state index in [-0.39, 0.29) is 0 Å². The van der Waals surface area contributed by atoms with Crippen LogP contribution in [0.2, 0.25) is 0 Å². The van der Waals surface area contributed by atoms with Gasteiger partial charge in [0.25, 0.3) is 0 Å². The minimum Gasteiger partial charge on any atom is -0.385 e. The van der Waals surface area contributed by atoms with Crippen molar-refractivity contribution >= 4 is 5.82 Å². The molecule has 0 atom stereocenters. The predicted octanol–water partition coefficient (Wildman–Crippen LogP) is 3.39. The number of anilines is 1. The molecule has 78 valence electrons. The van der Waals surface area contributed by atoms with Crippen LogP contribution in [0.1, 0.15) is 25.3 Å². The summed E-state index contributed by atoms with van der Waals surface area (Å²) in [6, 6.07) is 10.6. The van der Waals surface area contributed by atoms with Crippen molar-refractivity contribution in [3.63, 3.8) is 0 Å². The number of nitrogens with two attached hydrogens (primary N) is 1. The number of aromatic nitrogens is 1. The Balaban J connectivity index is 2.31. The van der Waals surface area contributed by atoms with Gasteiger partial charge in [-0.15, -0.1) is 0 Å². The van der Waals surface area contributed by atoms with E-state index in [1.165, 1.54) is 11.1 Å². The molecule has 2 aromatic rings. The van der Waals surface area contributed by atoms with Gasteiger partial charge in [-0.05, 0) is 23.1 Å². The van der Waals surface area contributed by atoms with Gasteiger partial charge in [0.2, 0.25) is 0 Å². The second-order valence-electron chi connectivity index (χ2n) is 4.12. The number of hydrogen-bond donors (Lipinski definition) is 2. The van der Waals surface area contributed by atoms with Crippen LogP contribution in [0, 0.1) is 0 Å². The first-order valence-corrected chi connectivity index (χ1v) is 5.21. The second kappa shape index (κ2) is 3.81. The number of benzene rings is 1.